The van der Waals surface area contributed by atoms with Crippen LogP contribution < -0.4 is 14.4 Å². The van der Waals surface area contributed by atoms with Crippen LogP contribution in [0.3, 0.4) is 0 Å². The van der Waals surface area contributed by atoms with Gasteiger partial charge in [-0.3, -0.25) is 4.90 Å². The van der Waals surface area contributed by atoms with Crippen molar-refractivity contribution in [2.75, 3.05) is 45.3 Å². The highest BCUT2D eigenvalue weighted by atomic mass is 35.5. The number of methoxy groups -OCH3 is 2. The third kappa shape index (κ3) is 3.94. The molecule has 0 bridgehead atoms. The third-order valence-corrected chi connectivity index (χ3v) is 4.67. The van der Waals surface area contributed by atoms with Crippen LogP contribution in [-0.4, -0.2) is 45.3 Å². The zero-order valence-electron chi connectivity index (χ0n) is 14.2. The fourth-order valence-electron chi connectivity index (χ4n) is 3.06. The molecule has 1 aliphatic rings. The number of rotatable bonds is 5. The zero-order valence-corrected chi connectivity index (χ0v) is 14.9. The van der Waals surface area contributed by atoms with Gasteiger partial charge in [0, 0.05) is 55.1 Å². The van der Waals surface area contributed by atoms with Crippen molar-refractivity contribution in [1.82, 2.24) is 4.90 Å². The first kappa shape index (κ1) is 16.9. The zero-order chi connectivity index (χ0) is 16.9. The molecular weight excluding hydrogens is 324 g/mol. The summed E-state index contributed by atoms with van der Waals surface area (Å²) in [6, 6.07) is 14.1. The quantitative estimate of drug-likeness (QED) is 0.824. The fraction of sp³-hybridized carbons (Fsp3) is 0.368. The van der Waals surface area contributed by atoms with E-state index in [4.69, 9.17) is 21.1 Å². The molecule has 1 aliphatic heterocycles. The number of hydrogen-bond donors (Lipinski definition) is 0. The molecule has 5 heteroatoms. The fourth-order valence-corrected chi connectivity index (χ4v) is 3.24. The number of hydrogen-bond acceptors (Lipinski definition) is 4. The van der Waals surface area contributed by atoms with Gasteiger partial charge >= 0.3 is 0 Å². The van der Waals surface area contributed by atoms with Crippen molar-refractivity contribution >= 4 is 17.3 Å². The lowest BCUT2D eigenvalue weighted by molar-refractivity contribution is 0.246. The summed E-state index contributed by atoms with van der Waals surface area (Å²) in [6.07, 6.45) is 0. The number of piperazine rings is 1. The minimum absolute atomic E-state index is 0.790. The molecule has 0 spiro atoms. The molecule has 128 valence electrons. The molecule has 3 rings (SSSR count). The Labute approximate surface area is 148 Å². The predicted octanol–water partition coefficient (Wildman–Crippen LogP) is 3.68. The maximum Gasteiger partial charge on any atom is 0.127 e. The maximum atomic E-state index is 6.10. The average Bonchev–Trinajstić information content (AvgIpc) is 2.62. The van der Waals surface area contributed by atoms with Gasteiger partial charge in [-0.25, -0.2) is 0 Å². The van der Waals surface area contributed by atoms with Gasteiger partial charge in [-0.05, 0) is 24.3 Å². The summed E-state index contributed by atoms with van der Waals surface area (Å²) in [4.78, 5) is 4.83. The highest BCUT2D eigenvalue weighted by Gasteiger charge is 2.18. The maximum absolute atomic E-state index is 6.10. The molecule has 4 nitrogen and oxygen atoms in total. The van der Waals surface area contributed by atoms with E-state index in [0.717, 1.165) is 49.2 Å². The van der Waals surface area contributed by atoms with E-state index in [2.05, 4.69) is 21.9 Å². The van der Waals surface area contributed by atoms with Gasteiger partial charge in [0.2, 0.25) is 0 Å². The normalized spacial score (nSPS) is 15.4. The van der Waals surface area contributed by atoms with E-state index in [1.807, 2.05) is 30.3 Å². The lowest BCUT2D eigenvalue weighted by atomic mass is 10.1. The smallest absolute Gasteiger partial charge is 0.127 e. The Kier molecular flexibility index (Phi) is 5.48. The predicted molar refractivity (Wildman–Crippen MR) is 98.5 cm³/mol. The molecule has 0 saturated carbocycles. The van der Waals surface area contributed by atoms with Gasteiger partial charge in [-0.2, -0.15) is 0 Å². The first-order valence-corrected chi connectivity index (χ1v) is 8.51. The van der Waals surface area contributed by atoms with Crippen LogP contribution in [0, 0.1) is 0 Å². The first-order valence-electron chi connectivity index (χ1n) is 8.13. The van der Waals surface area contributed by atoms with E-state index in [9.17, 15) is 0 Å². The number of anilines is 1. The molecule has 0 aromatic heterocycles. The Hall–Kier alpha value is -1.91. The Morgan fingerprint density at radius 1 is 0.958 bits per heavy atom. The van der Waals surface area contributed by atoms with Crippen molar-refractivity contribution in [2.24, 2.45) is 0 Å². The molecule has 0 unspecified atom stereocenters. The summed E-state index contributed by atoms with van der Waals surface area (Å²) in [5.41, 5.74) is 2.39. The minimum atomic E-state index is 0.790. The van der Waals surface area contributed by atoms with E-state index in [1.165, 1.54) is 11.3 Å². The molecule has 2 aromatic carbocycles. The van der Waals surface area contributed by atoms with Gasteiger partial charge < -0.3 is 14.4 Å². The third-order valence-electron chi connectivity index (χ3n) is 4.43. The molecule has 0 amide bonds. The van der Waals surface area contributed by atoms with Crippen molar-refractivity contribution in [3.05, 3.63) is 53.1 Å². The van der Waals surface area contributed by atoms with Gasteiger partial charge in [0.25, 0.3) is 0 Å². The standard InChI is InChI=1S/C19H23ClN2O2/c1-23-18-7-6-15(19(13-18)24-2)14-21-8-10-22(11-9-21)17-5-3-4-16(20)12-17/h3-7,12-13H,8-11,14H2,1-2H3. The van der Waals surface area contributed by atoms with E-state index in [1.54, 1.807) is 14.2 Å². The summed E-state index contributed by atoms with van der Waals surface area (Å²) in [5.74, 6) is 1.70. The second kappa shape index (κ2) is 7.77. The lowest BCUT2D eigenvalue weighted by Gasteiger charge is -2.36. The topological polar surface area (TPSA) is 24.9 Å². The summed E-state index contributed by atoms with van der Waals surface area (Å²) in [6.45, 7) is 4.91. The van der Waals surface area contributed by atoms with Crippen molar-refractivity contribution < 1.29 is 9.47 Å². The van der Waals surface area contributed by atoms with Crippen LogP contribution in [-0.2, 0) is 6.54 Å². The second-order valence-electron chi connectivity index (χ2n) is 5.92. The van der Waals surface area contributed by atoms with E-state index in [-0.39, 0.29) is 0 Å². The van der Waals surface area contributed by atoms with Crippen LogP contribution in [0.2, 0.25) is 5.02 Å². The van der Waals surface area contributed by atoms with Crippen LogP contribution in [0.15, 0.2) is 42.5 Å². The molecule has 0 N–H and O–H groups in total. The Bertz CT molecular complexity index is 685. The van der Waals surface area contributed by atoms with E-state index >= 15 is 0 Å². The number of ether oxygens (including phenoxy) is 2. The molecule has 0 radical (unpaired) electrons. The van der Waals surface area contributed by atoms with Gasteiger partial charge in [0.1, 0.15) is 11.5 Å². The van der Waals surface area contributed by atoms with Crippen LogP contribution >= 0.6 is 11.6 Å². The molecule has 0 aliphatic carbocycles. The highest BCUT2D eigenvalue weighted by Crippen LogP contribution is 2.27. The summed E-state index contributed by atoms with van der Waals surface area (Å²) in [7, 11) is 3.37. The molecule has 0 atom stereocenters. The monoisotopic (exact) mass is 346 g/mol. The van der Waals surface area contributed by atoms with E-state index in [0.29, 0.717) is 0 Å². The van der Waals surface area contributed by atoms with Crippen LogP contribution in [0.1, 0.15) is 5.56 Å². The van der Waals surface area contributed by atoms with Crippen molar-refractivity contribution in [3.8, 4) is 11.5 Å². The molecule has 2 aromatic rings. The Balaban J connectivity index is 1.61. The largest absolute Gasteiger partial charge is 0.497 e. The summed E-state index contributed by atoms with van der Waals surface area (Å²) < 4.78 is 10.8. The van der Waals surface area contributed by atoms with Gasteiger partial charge in [-0.15, -0.1) is 0 Å². The lowest BCUT2D eigenvalue weighted by Crippen LogP contribution is -2.46. The van der Waals surface area contributed by atoms with Crippen molar-refractivity contribution in [2.45, 2.75) is 6.54 Å². The van der Waals surface area contributed by atoms with Crippen LogP contribution in [0.5, 0.6) is 11.5 Å². The number of nitrogens with zero attached hydrogens (tertiary/aromatic N) is 2. The number of halogens is 1. The SMILES string of the molecule is COc1ccc(CN2CCN(c3cccc(Cl)c3)CC2)c(OC)c1. The average molecular weight is 347 g/mol. The molecule has 1 saturated heterocycles. The summed E-state index contributed by atoms with van der Waals surface area (Å²) >= 11 is 6.10. The van der Waals surface area contributed by atoms with Gasteiger partial charge in [0.15, 0.2) is 0 Å². The van der Waals surface area contributed by atoms with Crippen LogP contribution in [0.4, 0.5) is 5.69 Å². The molecular formula is C19H23ClN2O2. The second-order valence-corrected chi connectivity index (χ2v) is 6.36. The first-order chi connectivity index (χ1) is 11.7. The molecule has 1 fully saturated rings. The van der Waals surface area contributed by atoms with Crippen molar-refractivity contribution in [1.29, 1.82) is 0 Å². The van der Waals surface area contributed by atoms with E-state index < -0.39 is 0 Å². The molecule has 24 heavy (non-hydrogen) atoms. The summed E-state index contributed by atoms with van der Waals surface area (Å²) in [5, 5.41) is 0.790. The molecule has 1 heterocycles. The number of benzene rings is 2. The van der Waals surface area contributed by atoms with Gasteiger partial charge in [-0.1, -0.05) is 23.7 Å². The Morgan fingerprint density at radius 2 is 1.75 bits per heavy atom. The minimum Gasteiger partial charge on any atom is -0.497 e. The highest BCUT2D eigenvalue weighted by molar-refractivity contribution is 6.30. The van der Waals surface area contributed by atoms with Crippen LogP contribution in [0.25, 0.3) is 0 Å². The van der Waals surface area contributed by atoms with Crippen molar-refractivity contribution in [3.63, 3.8) is 0 Å². The Morgan fingerprint density at radius 3 is 2.42 bits per heavy atom. The van der Waals surface area contributed by atoms with Gasteiger partial charge in [0.05, 0.1) is 14.2 Å².